The Morgan fingerprint density at radius 3 is 2.24 bits per heavy atom. The monoisotopic (exact) mass is 348 g/mol. The van der Waals surface area contributed by atoms with E-state index < -0.39 is 11.7 Å². The van der Waals surface area contributed by atoms with Crippen molar-refractivity contribution in [3.05, 3.63) is 47.5 Å². The highest BCUT2D eigenvalue weighted by Crippen LogP contribution is 2.39. The van der Waals surface area contributed by atoms with Gasteiger partial charge in [-0.25, -0.2) is 0 Å². The summed E-state index contributed by atoms with van der Waals surface area (Å²) in [5, 5.41) is 1.58. The number of hydrogen-bond donors (Lipinski definition) is 0. The Morgan fingerprint density at radius 2 is 1.60 bits per heavy atom. The van der Waals surface area contributed by atoms with Gasteiger partial charge in [0, 0.05) is 0 Å². The van der Waals surface area contributed by atoms with Gasteiger partial charge in [0.2, 0.25) is 0 Å². The third-order valence-electron chi connectivity index (χ3n) is 5.94. The van der Waals surface area contributed by atoms with E-state index in [0.29, 0.717) is 11.3 Å². The summed E-state index contributed by atoms with van der Waals surface area (Å²) in [6, 6.07) is 10.0. The van der Waals surface area contributed by atoms with Crippen molar-refractivity contribution in [3.63, 3.8) is 0 Å². The molecule has 0 radical (unpaired) electrons. The topological polar surface area (TPSA) is 0 Å². The number of hydrogen-bond acceptors (Lipinski definition) is 0. The maximum absolute atomic E-state index is 12.8. The van der Waals surface area contributed by atoms with Crippen molar-refractivity contribution in [2.75, 3.05) is 0 Å². The fourth-order valence-electron chi connectivity index (χ4n) is 4.16. The maximum Gasteiger partial charge on any atom is 0.416 e. The minimum absolute atomic E-state index is 0.555. The van der Waals surface area contributed by atoms with Crippen LogP contribution in [0.3, 0.4) is 0 Å². The van der Waals surface area contributed by atoms with Crippen LogP contribution in [0, 0.1) is 11.8 Å². The summed E-state index contributed by atoms with van der Waals surface area (Å²) < 4.78 is 38.5. The Hall–Kier alpha value is -1.51. The molecule has 0 nitrogen and oxygen atoms in total. The van der Waals surface area contributed by atoms with Crippen LogP contribution in [0.1, 0.15) is 69.4 Å². The Bertz CT molecular complexity index is 709. The number of rotatable bonds is 4. The lowest BCUT2D eigenvalue weighted by molar-refractivity contribution is -0.137. The predicted octanol–water partition coefficient (Wildman–Crippen LogP) is 7.57. The molecule has 0 N–H and O–H groups in total. The molecule has 0 heterocycles. The van der Waals surface area contributed by atoms with Gasteiger partial charge in [-0.15, -0.1) is 0 Å². The second-order valence-electron chi connectivity index (χ2n) is 7.79. The van der Waals surface area contributed by atoms with Crippen LogP contribution in [0.15, 0.2) is 36.4 Å². The van der Waals surface area contributed by atoms with E-state index in [9.17, 15) is 13.2 Å². The summed E-state index contributed by atoms with van der Waals surface area (Å²) in [6.45, 7) is 4.60. The lowest BCUT2D eigenvalue weighted by Crippen LogP contribution is -2.15. The summed E-state index contributed by atoms with van der Waals surface area (Å²) in [5.41, 5.74) is 0.715. The third kappa shape index (κ3) is 4.37. The molecule has 2 aromatic carbocycles. The molecule has 2 aromatic rings. The largest absolute Gasteiger partial charge is 0.416 e. The van der Waals surface area contributed by atoms with Crippen molar-refractivity contribution < 1.29 is 13.2 Å². The van der Waals surface area contributed by atoms with Gasteiger partial charge in [-0.05, 0) is 78.3 Å². The van der Waals surface area contributed by atoms with Crippen molar-refractivity contribution in [3.8, 4) is 0 Å². The Labute approximate surface area is 148 Å². The van der Waals surface area contributed by atoms with Gasteiger partial charge in [0.1, 0.15) is 0 Å². The molecular weight excluding hydrogens is 321 g/mol. The number of benzene rings is 2. The van der Waals surface area contributed by atoms with Crippen molar-refractivity contribution in [2.24, 2.45) is 11.8 Å². The van der Waals surface area contributed by atoms with Crippen molar-refractivity contribution in [1.82, 2.24) is 0 Å². The first-order valence-electron chi connectivity index (χ1n) is 9.47. The molecule has 1 aliphatic carbocycles. The Balaban J connectivity index is 1.71. The Morgan fingerprint density at radius 1 is 0.960 bits per heavy atom. The molecule has 0 bridgehead atoms. The van der Waals surface area contributed by atoms with Crippen LogP contribution in [-0.4, -0.2) is 0 Å². The van der Waals surface area contributed by atoms with E-state index in [1.54, 1.807) is 6.07 Å². The summed E-state index contributed by atoms with van der Waals surface area (Å²) in [5.74, 6) is 2.21. The molecule has 1 unspecified atom stereocenters. The van der Waals surface area contributed by atoms with Gasteiger partial charge in [0.15, 0.2) is 0 Å². The van der Waals surface area contributed by atoms with E-state index in [0.717, 1.165) is 17.2 Å². The minimum atomic E-state index is -4.28. The zero-order chi connectivity index (χ0) is 18.0. The molecule has 1 atom stereocenters. The van der Waals surface area contributed by atoms with Crippen LogP contribution in [0.4, 0.5) is 13.2 Å². The molecule has 3 rings (SSSR count). The molecule has 0 saturated heterocycles. The summed E-state index contributed by atoms with van der Waals surface area (Å²) in [7, 11) is 0. The quantitative estimate of drug-likeness (QED) is 0.534. The molecule has 1 aliphatic rings. The van der Waals surface area contributed by atoms with Gasteiger partial charge < -0.3 is 0 Å². The minimum Gasteiger partial charge on any atom is -0.166 e. The SMILES string of the molecule is CCC(C)CC1CCC(c2ccc3cc(C(F)(F)F)ccc3c2)CC1. The molecule has 25 heavy (non-hydrogen) atoms. The van der Waals surface area contributed by atoms with Crippen LogP contribution in [0.25, 0.3) is 10.8 Å². The second-order valence-corrected chi connectivity index (χ2v) is 7.79. The van der Waals surface area contributed by atoms with Crippen LogP contribution >= 0.6 is 0 Å². The zero-order valence-corrected chi connectivity index (χ0v) is 15.1. The highest BCUT2D eigenvalue weighted by molar-refractivity contribution is 5.84. The normalized spacial score (nSPS) is 22.9. The summed E-state index contributed by atoms with van der Waals surface area (Å²) in [4.78, 5) is 0. The molecule has 0 aromatic heterocycles. The van der Waals surface area contributed by atoms with Crippen LogP contribution < -0.4 is 0 Å². The van der Waals surface area contributed by atoms with E-state index in [2.05, 4.69) is 19.9 Å². The van der Waals surface area contributed by atoms with E-state index in [4.69, 9.17) is 0 Å². The van der Waals surface area contributed by atoms with Crippen LogP contribution in [0.5, 0.6) is 0 Å². The van der Waals surface area contributed by atoms with Gasteiger partial charge in [-0.3, -0.25) is 0 Å². The molecular formula is C22H27F3. The molecule has 0 aliphatic heterocycles. The van der Waals surface area contributed by atoms with Gasteiger partial charge >= 0.3 is 6.18 Å². The van der Waals surface area contributed by atoms with Gasteiger partial charge in [0.25, 0.3) is 0 Å². The van der Waals surface area contributed by atoms with Gasteiger partial charge in [0.05, 0.1) is 5.56 Å². The second kappa shape index (κ2) is 7.39. The predicted molar refractivity (Wildman–Crippen MR) is 97.7 cm³/mol. The molecule has 0 spiro atoms. The third-order valence-corrected chi connectivity index (χ3v) is 5.94. The Kier molecular flexibility index (Phi) is 5.41. The van der Waals surface area contributed by atoms with E-state index in [1.807, 2.05) is 12.1 Å². The maximum atomic E-state index is 12.8. The van der Waals surface area contributed by atoms with E-state index in [-0.39, 0.29) is 0 Å². The lowest BCUT2D eigenvalue weighted by Gasteiger charge is -2.30. The molecule has 3 heteroatoms. The highest BCUT2D eigenvalue weighted by Gasteiger charge is 2.30. The van der Waals surface area contributed by atoms with Crippen molar-refractivity contribution in [1.29, 1.82) is 0 Å². The smallest absolute Gasteiger partial charge is 0.166 e. The lowest BCUT2D eigenvalue weighted by atomic mass is 9.75. The molecule has 1 saturated carbocycles. The van der Waals surface area contributed by atoms with Crippen LogP contribution in [-0.2, 0) is 6.18 Å². The molecule has 136 valence electrons. The first-order chi connectivity index (χ1) is 11.9. The van der Waals surface area contributed by atoms with Crippen molar-refractivity contribution >= 4 is 10.8 Å². The van der Waals surface area contributed by atoms with Gasteiger partial charge in [-0.2, -0.15) is 13.2 Å². The first-order valence-corrected chi connectivity index (χ1v) is 9.47. The highest BCUT2D eigenvalue weighted by atomic mass is 19.4. The number of fused-ring (bicyclic) bond motifs is 1. The average Bonchev–Trinajstić information content (AvgIpc) is 2.60. The summed E-state index contributed by atoms with van der Waals surface area (Å²) >= 11 is 0. The van der Waals surface area contributed by atoms with Gasteiger partial charge in [-0.1, -0.05) is 44.5 Å². The summed E-state index contributed by atoms with van der Waals surface area (Å²) in [6.07, 6.45) is 3.27. The van der Waals surface area contributed by atoms with Crippen molar-refractivity contribution in [2.45, 2.75) is 64.5 Å². The molecule has 0 amide bonds. The van der Waals surface area contributed by atoms with Crippen LogP contribution in [0.2, 0.25) is 0 Å². The van der Waals surface area contributed by atoms with E-state index in [1.165, 1.54) is 56.2 Å². The average molecular weight is 348 g/mol. The molecule has 1 fully saturated rings. The number of halogens is 3. The fourth-order valence-corrected chi connectivity index (χ4v) is 4.16. The first kappa shape index (κ1) is 18.3. The zero-order valence-electron chi connectivity index (χ0n) is 15.1. The fraction of sp³-hybridized carbons (Fsp3) is 0.545. The number of alkyl halides is 3. The van der Waals surface area contributed by atoms with E-state index >= 15 is 0 Å². The standard InChI is InChI=1S/C22H27F3/c1-3-15(2)12-16-4-6-17(7-5-16)18-8-9-20-14-21(22(23,24)25)11-10-19(20)13-18/h8-11,13-17H,3-7,12H2,1-2H3.